The number of imidazole rings is 1. The second-order valence-corrected chi connectivity index (χ2v) is 5.33. The smallest absolute Gasteiger partial charge is 0.119 e. The van der Waals surface area contributed by atoms with E-state index in [9.17, 15) is 0 Å². The number of rotatable bonds is 5. The maximum absolute atomic E-state index is 5.31. The van der Waals surface area contributed by atoms with Gasteiger partial charge in [-0.1, -0.05) is 6.07 Å². The molecule has 1 aliphatic rings. The number of hydrogen-bond acceptors (Lipinski definition) is 3. The van der Waals surface area contributed by atoms with Crippen LogP contribution >= 0.6 is 0 Å². The standard InChI is InChI=1S/C16H21N3O/c1-20-16-5-3-13-2-4-15(10-14(13)11-16)18-7-9-19-8-6-17-12-19/h3,5-6,8,11-12,15,18H,2,4,7,9-10H2,1H3. The molecule has 1 aromatic carbocycles. The number of nitrogens with one attached hydrogen (secondary N) is 1. The van der Waals surface area contributed by atoms with E-state index in [1.54, 1.807) is 7.11 Å². The Kier molecular flexibility index (Phi) is 4.02. The first-order valence-electron chi connectivity index (χ1n) is 7.20. The van der Waals surface area contributed by atoms with E-state index in [2.05, 4.69) is 33.1 Å². The Balaban J connectivity index is 1.55. The van der Waals surface area contributed by atoms with Crippen molar-refractivity contribution in [1.29, 1.82) is 0 Å². The van der Waals surface area contributed by atoms with Gasteiger partial charge in [0.2, 0.25) is 0 Å². The average Bonchev–Trinajstić information content (AvgIpc) is 3.00. The van der Waals surface area contributed by atoms with Crippen LogP contribution in [0.5, 0.6) is 5.75 Å². The highest BCUT2D eigenvalue weighted by Crippen LogP contribution is 2.25. The van der Waals surface area contributed by atoms with Crippen molar-refractivity contribution in [3.8, 4) is 5.75 Å². The van der Waals surface area contributed by atoms with Crippen molar-refractivity contribution >= 4 is 0 Å². The van der Waals surface area contributed by atoms with Crippen LogP contribution in [0.2, 0.25) is 0 Å². The van der Waals surface area contributed by atoms with Crippen LogP contribution in [0.1, 0.15) is 17.5 Å². The molecule has 3 rings (SSSR count). The molecule has 0 saturated heterocycles. The highest BCUT2D eigenvalue weighted by Gasteiger charge is 2.18. The van der Waals surface area contributed by atoms with Crippen molar-refractivity contribution in [1.82, 2.24) is 14.9 Å². The van der Waals surface area contributed by atoms with Gasteiger partial charge in [0.25, 0.3) is 0 Å². The Hall–Kier alpha value is -1.81. The zero-order valence-electron chi connectivity index (χ0n) is 11.9. The number of benzene rings is 1. The molecule has 4 heteroatoms. The van der Waals surface area contributed by atoms with Crippen LogP contribution in [0.3, 0.4) is 0 Å². The molecule has 1 atom stereocenters. The van der Waals surface area contributed by atoms with Crippen LogP contribution in [0.25, 0.3) is 0 Å². The molecule has 0 spiro atoms. The van der Waals surface area contributed by atoms with E-state index in [1.807, 2.05) is 18.7 Å². The molecular weight excluding hydrogens is 250 g/mol. The first kappa shape index (κ1) is 13.2. The van der Waals surface area contributed by atoms with Crippen molar-refractivity contribution in [3.05, 3.63) is 48.0 Å². The van der Waals surface area contributed by atoms with E-state index in [0.717, 1.165) is 31.7 Å². The molecule has 0 saturated carbocycles. The summed E-state index contributed by atoms with van der Waals surface area (Å²) in [4.78, 5) is 4.06. The van der Waals surface area contributed by atoms with Gasteiger partial charge in [-0.15, -0.1) is 0 Å². The monoisotopic (exact) mass is 271 g/mol. The van der Waals surface area contributed by atoms with Gasteiger partial charge in [-0.05, 0) is 42.5 Å². The number of aryl methyl sites for hydroxylation is 1. The van der Waals surface area contributed by atoms with E-state index in [1.165, 1.54) is 17.5 Å². The summed E-state index contributed by atoms with van der Waals surface area (Å²) in [6, 6.07) is 7.01. The lowest BCUT2D eigenvalue weighted by Crippen LogP contribution is -2.36. The molecule has 1 N–H and O–H groups in total. The largest absolute Gasteiger partial charge is 0.497 e. The molecular formula is C16H21N3O. The zero-order valence-corrected chi connectivity index (χ0v) is 11.9. The van der Waals surface area contributed by atoms with Crippen LogP contribution < -0.4 is 10.1 Å². The first-order valence-corrected chi connectivity index (χ1v) is 7.20. The number of methoxy groups -OCH3 is 1. The zero-order chi connectivity index (χ0) is 13.8. The van der Waals surface area contributed by atoms with Gasteiger partial charge in [0.15, 0.2) is 0 Å². The normalized spacial score (nSPS) is 17.8. The summed E-state index contributed by atoms with van der Waals surface area (Å²) in [5.74, 6) is 0.961. The number of hydrogen-bond donors (Lipinski definition) is 1. The van der Waals surface area contributed by atoms with Gasteiger partial charge < -0.3 is 14.6 Å². The van der Waals surface area contributed by atoms with Gasteiger partial charge in [0.05, 0.1) is 13.4 Å². The van der Waals surface area contributed by atoms with Crippen molar-refractivity contribution in [2.24, 2.45) is 0 Å². The Morgan fingerprint density at radius 3 is 3.15 bits per heavy atom. The fraction of sp³-hybridized carbons (Fsp3) is 0.438. The minimum absolute atomic E-state index is 0.568. The van der Waals surface area contributed by atoms with Crippen molar-refractivity contribution in [2.75, 3.05) is 13.7 Å². The Morgan fingerprint density at radius 1 is 1.40 bits per heavy atom. The lowest BCUT2D eigenvalue weighted by atomic mass is 9.88. The number of ether oxygens (including phenoxy) is 1. The third-order valence-electron chi connectivity index (χ3n) is 4.00. The lowest BCUT2D eigenvalue weighted by Gasteiger charge is -2.26. The molecule has 0 amide bonds. The Bertz CT molecular complexity index is 551. The van der Waals surface area contributed by atoms with Crippen molar-refractivity contribution in [3.63, 3.8) is 0 Å². The van der Waals surface area contributed by atoms with E-state index in [-0.39, 0.29) is 0 Å². The van der Waals surface area contributed by atoms with E-state index in [4.69, 9.17) is 4.74 Å². The van der Waals surface area contributed by atoms with E-state index < -0.39 is 0 Å². The average molecular weight is 271 g/mol. The summed E-state index contributed by atoms with van der Waals surface area (Å²) in [6.45, 7) is 1.96. The fourth-order valence-corrected chi connectivity index (χ4v) is 2.85. The van der Waals surface area contributed by atoms with Crippen molar-refractivity contribution in [2.45, 2.75) is 31.8 Å². The molecule has 1 unspecified atom stereocenters. The maximum atomic E-state index is 5.31. The fourth-order valence-electron chi connectivity index (χ4n) is 2.85. The quantitative estimate of drug-likeness (QED) is 0.904. The summed E-state index contributed by atoms with van der Waals surface area (Å²) in [6.07, 6.45) is 9.15. The molecule has 1 heterocycles. The van der Waals surface area contributed by atoms with Crippen LogP contribution in [-0.4, -0.2) is 29.2 Å². The lowest BCUT2D eigenvalue weighted by molar-refractivity contribution is 0.410. The van der Waals surface area contributed by atoms with Crippen LogP contribution in [0.4, 0.5) is 0 Å². The van der Waals surface area contributed by atoms with Gasteiger partial charge in [0, 0.05) is 31.5 Å². The predicted molar refractivity (Wildman–Crippen MR) is 79.0 cm³/mol. The topological polar surface area (TPSA) is 39.1 Å². The summed E-state index contributed by atoms with van der Waals surface area (Å²) in [5.41, 5.74) is 2.90. The van der Waals surface area contributed by atoms with Gasteiger partial charge in [0.1, 0.15) is 5.75 Å². The Morgan fingerprint density at radius 2 is 2.35 bits per heavy atom. The van der Waals surface area contributed by atoms with Gasteiger partial charge in [-0.3, -0.25) is 0 Å². The molecule has 106 valence electrons. The third kappa shape index (κ3) is 3.02. The van der Waals surface area contributed by atoms with Crippen LogP contribution in [0, 0.1) is 0 Å². The van der Waals surface area contributed by atoms with E-state index >= 15 is 0 Å². The van der Waals surface area contributed by atoms with Gasteiger partial charge in [-0.25, -0.2) is 4.98 Å². The van der Waals surface area contributed by atoms with Crippen LogP contribution in [-0.2, 0) is 19.4 Å². The number of nitrogens with zero attached hydrogens (tertiary/aromatic N) is 2. The molecule has 4 nitrogen and oxygen atoms in total. The summed E-state index contributed by atoms with van der Waals surface area (Å²) in [7, 11) is 1.73. The second-order valence-electron chi connectivity index (χ2n) is 5.33. The highest BCUT2D eigenvalue weighted by molar-refractivity contribution is 5.37. The molecule has 1 aliphatic carbocycles. The molecule has 20 heavy (non-hydrogen) atoms. The van der Waals surface area contributed by atoms with E-state index in [0.29, 0.717) is 6.04 Å². The van der Waals surface area contributed by atoms with Gasteiger partial charge in [-0.2, -0.15) is 0 Å². The summed E-state index contributed by atoms with van der Waals surface area (Å²) < 4.78 is 7.42. The maximum Gasteiger partial charge on any atom is 0.119 e. The predicted octanol–water partition coefficient (Wildman–Crippen LogP) is 2.04. The molecule has 1 aromatic heterocycles. The molecule has 2 aromatic rings. The SMILES string of the molecule is COc1ccc2c(c1)CC(NCCn1ccnc1)CC2. The molecule has 0 fully saturated rings. The number of aromatic nitrogens is 2. The van der Waals surface area contributed by atoms with Gasteiger partial charge >= 0.3 is 0 Å². The van der Waals surface area contributed by atoms with Crippen LogP contribution in [0.15, 0.2) is 36.9 Å². The Labute approximate surface area is 119 Å². The molecule has 0 bridgehead atoms. The molecule has 0 radical (unpaired) electrons. The highest BCUT2D eigenvalue weighted by atomic mass is 16.5. The minimum Gasteiger partial charge on any atom is -0.497 e. The minimum atomic E-state index is 0.568. The number of fused-ring (bicyclic) bond motifs is 1. The molecule has 0 aliphatic heterocycles. The summed E-state index contributed by atoms with van der Waals surface area (Å²) in [5, 5.41) is 3.65. The third-order valence-corrected chi connectivity index (χ3v) is 4.00. The first-order chi connectivity index (χ1) is 9.85. The summed E-state index contributed by atoms with van der Waals surface area (Å²) >= 11 is 0. The second kappa shape index (κ2) is 6.09. The van der Waals surface area contributed by atoms with Crippen molar-refractivity contribution < 1.29 is 4.74 Å².